The van der Waals surface area contributed by atoms with Crippen molar-refractivity contribution in [3.63, 3.8) is 0 Å². The first-order valence-electron chi connectivity index (χ1n) is 6.93. The molecule has 0 aliphatic rings. The molecule has 2 rings (SSSR count). The van der Waals surface area contributed by atoms with Crippen LogP contribution in [0.5, 0.6) is 0 Å². The summed E-state index contributed by atoms with van der Waals surface area (Å²) in [5.74, 6) is -0.422. The summed E-state index contributed by atoms with van der Waals surface area (Å²) in [6, 6.07) is 12.6. The van der Waals surface area contributed by atoms with Crippen LogP contribution in [0.3, 0.4) is 0 Å². The average Bonchev–Trinajstić information content (AvgIpc) is 2.49. The molecule has 1 unspecified atom stereocenters. The van der Waals surface area contributed by atoms with Gasteiger partial charge in [-0.2, -0.15) is 4.72 Å². The smallest absolute Gasteiger partial charge is 0.242 e. The van der Waals surface area contributed by atoms with Crippen LogP contribution < -0.4 is 10.0 Å². The van der Waals surface area contributed by atoms with Crippen molar-refractivity contribution in [2.24, 2.45) is 0 Å². The molecule has 122 valence electrons. The Bertz CT molecular complexity index is 787. The number of amides is 1. The lowest BCUT2D eigenvalue weighted by Crippen LogP contribution is -2.41. The fraction of sp³-hybridized carbons (Fsp3) is 0.188. The predicted octanol–water partition coefficient (Wildman–Crippen LogP) is 3.06. The average molecular weight is 397 g/mol. The predicted molar refractivity (Wildman–Crippen MR) is 93.7 cm³/mol. The van der Waals surface area contributed by atoms with Crippen LogP contribution >= 0.6 is 15.9 Å². The molecular weight excluding hydrogens is 380 g/mol. The van der Waals surface area contributed by atoms with Crippen LogP contribution in [-0.2, 0) is 14.8 Å². The highest BCUT2D eigenvalue weighted by atomic mass is 79.9. The van der Waals surface area contributed by atoms with Crippen molar-refractivity contribution in [3.8, 4) is 0 Å². The summed E-state index contributed by atoms with van der Waals surface area (Å²) in [5, 5.41) is 2.68. The Morgan fingerprint density at radius 2 is 1.61 bits per heavy atom. The molecule has 0 saturated carbocycles. The van der Waals surface area contributed by atoms with E-state index in [0.717, 1.165) is 10.0 Å². The van der Waals surface area contributed by atoms with Gasteiger partial charge in [0, 0.05) is 10.2 Å². The Morgan fingerprint density at radius 3 is 2.17 bits per heavy atom. The molecule has 0 fully saturated rings. The summed E-state index contributed by atoms with van der Waals surface area (Å²) >= 11 is 3.25. The van der Waals surface area contributed by atoms with E-state index >= 15 is 0 Å². The van der Waals surface area contributed by atoms with Crippen molar-refractivity contribution in [2.75, 3.05) is 5.32 Å². The lowest BCUT2D eigenvalue weighted by molar-refractivity contribution is -0.117. The van der Waals surface area contributed by atoms with E-state index in [-0.39, 0.29) is 4.90 Å². The van der Waals surface area contributed by atoms with E-state index in [2.05, 4.69) is 26.0 Å². The van der Waals surface area contributed by atoms with Crippen LogP contribution in [0.4, 0.5) is 5.69 Å². The summed E-state index contributed by atoms with van der Waals surface area (Å²) in [6.45, 7) is 3.44. The molecule has 5 nitrogen and oxygen atoms in total. The van der Waals surface area contributed by atoms with Gasteiger partial charge in [-0.25, -0.2) is 8.42 Å². The lowest BCUT2D eigenvalue weighted by Gasteiger charge is -2.14. The van der Waals surface area contributed by atoms with Crippen molar-refractivity contribution in [1.29, 1.82) is 0 Å². The normalized spacial score (nSPS) is 12.7. The number of carbonyl (C=O) groups is 1. The van der Waals surface area contributed by atoms with Gasteiger partial charge in [0.15, 0.2) is 0 Å². The lowest BCUT2D eigenvalue weighted by atomic mass is 10.2. The number of sulfonamides is 1. The van der Waals surface area contributed by atoms with Gasteiger partial charge < -0.3 is 5.32 Å². The SMILES string of the molecule is Cc1ccc(NC(=O)C(C)NS(=O)(=O)c2ccc(Br)cc2)cc1. The molecule has 0 spiro atoms. The van der Waals surface area contributed by atoms with Crippen LogP contribution in [-0.4, -0.2) is 20.4 Å². The van der Waals surface area contributed by atoms with E-state index in [4.69, 9.17) is 0 Å². The molecule has 2 N–H and O–H groups in total. The van der Waals surface area contributed by atoms with Crippen molar-refractivity contribution >= 4 is 37.5 Å². The third kappa shape index (κ3) is 4.89. The van der Waals surface area contributed by atoms with Gasteiger partial charge in [0.05, 0.1) is 10.9 Å². The molecule has 0 heterocycles. The molecule has 0 saturated heterocycles. The number of benzene rings is 2. The molecular formula is C16H17BrN2O3S. The Morgan fingerprint density at radius 1 is 1.04 bits per heavy atom. The van der Waals surface area contributed by atoms with Gasteiger partial charge in [-0.3, -0.25) is 4.79 Å². The molecule has 0 aliphatic heterocycles. The van der Waals surface area contributed by atoms with Crippen LogP contribution in [0.25, 0.3) is 0 Å². The largest absolute Gasteiger partial charge is 0.325 e. The second-order valence-electron chi connectivity index (χ2n) is 5.15. The topological polar surface area (TPSA) is 75.3 Å². The zero-order valence-electron chi connectivity index (χ0n) is 12.7. The van der Waals surface area contributed by atoms with Gasteiger partial charge in [-0.05, 0) is 50.2 Å². The number of hydrogen-bond acceptors (Lipinski definition) is 3. The second kappa shape index (κ2) is 7.25. The zero-order chi connectivity index (χ0) is 17.0. The number of anilines is 1. The molecule has 0 bridgehead atoms. The molecule has 23 heavy (non-hydrogen) atoms. The maximum atomic E-state index is 12.2. The van der Waals surface area contributed by atoms with Gasteiger partial charge in [-0.15, -0.1) is 0 Å². The molecule has 0 aromatic heterocycles. The fourth-order valence-corrected chi connectivity index (χ4v) is 3.32. The van der Waals surface area contributed by atoms with E-state index in [1.807, 2.05) is 19.1 Å². The fourth-order valence-electron chi connectivity index (χ4n) is 1.86. The van der Waals surface area contributed by atoms with Crippen LogP contribution in [0.1, 0.15) is 12.5 Å². The molecule has 0 radical (unpaired) electrons. The van der Waals surface area contributed by atoms with E-state index < -0.39 is 22.0 Å². The van der Waals surface area contributed by atoms with Crippen LogP contribution in [0.15, 0.2) is 57.9 Å². The zero-order valence-corrected chi connectivity index (χ0v) is 15.1. The molecule has 0 aliphatic carbocycles. The first-order chi connectivity index (χ1) is 10.8. The molecule has 1 amide bonds. The van der Waals surface area contributed by atoms with Gasteiger partial charge in [0.25, 0.3) is 0 Å². The Labute approximate surface area is 144 Å². The molecule has 7 heteroatoms. The van der Waals surface area contributed by atoms with E-state index in [1.165, 1.54) is 19.1 Å². The number of hydrogen-bond donors (Lipinski definition) is 2. The van der Waals surface area contributed by atoms with Gasteiger partial charge in [0.2, 0.25) is 15.9 Å². The van der Waals surface area contributed by atoms with E-state index in [9.17, 15) is 13.2 Å². The highest BCUT2D eigenvalue weighted by molar-refractivity contribution is 9.10. The first kappa shape index (κ1) is 17.7. The van der Waals surface area contributed by atoms with Gasteiger partial charge in [-0.1, -0.05) is 33.6 Å². The van der Waals surface area contributed by atoms with Crippen molar-refractivity contribution in [2.45, 2.75) is 24.8 Å². The summed E-state index contributed by atoms with van der Waals surface area (Å²) < 4.78 is 27.6. The highest BCUT2D eigenvalue weighted by Crippen LogP contribution is 2.15. The standard InChI is InChI=1S/C16H17BrN2O3S/c1-11-3-7-14(8-4-11)18-16(20)12(2)19-23(21,22)15-9-5-13(17)6-10-15/h3-10,12,19H,1-2H3,(H,18,20). The second-order valence-corrected chi connectivity index (χ2v) is 7.78. The summed E-state index contributed by atoms with van der Waals surface area (Å²) in [6.07, 6.45) is 0. The van der Waals surface area contributed by atoms with E-state index in [1.54, 1.807) is 24.3 Å². The monoisotopic (exact) mass is 396 g/mol. The quantitative estimate of drug-likeness (QED) is 0.815. The Balaban J connectivity index is 2.05. The van der Waals surface area contributed by atoms with Gasteiger partial charge in [0.1, 0.15) is 0 Å². The van der Waals surface area contributed by atoms with Gasteiger partial charge >= 0.3 is 0 Å². The number of halogens is 1. The Hall–Kier alpha value is -1.70. The van der Waals surface area contributed by atoms with E-state index in [0.29, 0.717) is 5.69 Å². The minimum atomic E-state index is -3.75. The minimum Gasteiger partial charge on any atom is -0.325 e. The summed E-state index contributed by atoms with van der Waals surface area (Å²) in [7, 11) is -3.75. The number of nitrogens with one attached hydrogen (secondary N) is 2. The van der Waals surface area contributed by atoms with Crippen molar-refractivity contribution in [1.82, 2.24) is 4.72 Å². The first-order valence-corrected chi connectivity index (χ1v) is 9.21. The Kier molecular flexibility index (Phi) is 5.56. The third-order valence-corrected chi connectivity index (χ3v) is 5.25. The third-order valence-electron chi connectivity index (χ3n) is 3.17. The highest BCUT2D eigenvalue weighted by Gasteiger charge is 2.22. The summed E-state index contributed by atoms with van der Waals surface area (Å²) in [4.78, 5) is 12.2. The number of aryl methyl sites for hydroxylation is 1. The number of rotatable bonds is 5. The van der Waals surface area contributed by atoms with Crippen molar-refractivity contribution < 1.29 is 13.2 Å². The molecule has 2 aromatic rings. The minimum absolute atomic E-state index is 0.107. The van der Waals surface area contributed by atoms with Crippen LogP contribution in [0, 0.1) is 6.92 Å². The maximum Gasteiger partial charge on any atom is 0.242 e. The van der Waals surface area contributed by atoms with Crippen LogP contribution in [0.2, 0.25) is 0 Å². The maximum absolute atomic E-state index is 12.2. The molecule has 2 aromatic carbocycles. The number of carbonyl (C=O) groups excluding carboxylic acids is 1. The summed E-state index contributed by atoms with van der Waals surface area (Å²) in [5.41, 5.74) is 1.70. The molecule has 1 atom stereocenters. The van der Waals surface area contributed by atoms with Crippen molar-refractivity contribution in [3.05, 3.63) is 58.6 Å².